The van der Waals surface area contributed by atoms with E-state index in [2.05, 4.69) is 11.5 Å². The summed E-state index contributed by atoms with van der Waals surface area (Å²) in [6.07, 6.45) is 0.878. The number of anilines is 1. The van der Waals surface area contributed by atoms with E-state index in [1.54, 1.807) is 0 Å². The molecule has 3 heteroatoms. The van der Waals surface area contributed by atoms with Crippen LogP contribution in [0.4, 0.5) is 5.69 Å². The van der Waals surface area contributed by atoms with Crippen LogP contribution in [0, 0.1) is 0 Å². The van der Waals surface area contributed by atoms with Crippen LogP contribution < -0.4 is 4.90 Å². The molecule has 0 aromatic carbocycles. The number of rotatable bonds is 4. The molecule has 1 heterocycles. The van der Waals surface area contributed by atoms with Gasteiger partial charge >= 0.3 is 0 Å². The first-order valence-electron chi connectivity index (χ1n) is 4.02. The molecule has 0 saturated carbocycles. The van der Waals surface area contributed by atoms with E-state index in [0.29, 0.717) is 0 Å². The molecule has 0 N–H and O–H groups in total. The fraction of sp³-hybridized carbons (Fsp3) is 0.300. The lowest BCUT2D eigenvalue weighted by Gasteiger charge is -2.16. The van der Waals surface area contributed by atoms with Crippen molar-refractivity contribution in [2.75, 3.05) is 18.5 Å². The van der Waals surface area contributed by atoms with E-state index in [4.69, 9.17) is 0 Å². The number of hydrogen-bond donors (Lipinski definition) is 0. The Morgan fingerprint density at radius 3 is 2.92 bits per heavy atom. The molecule has 0 radical (unpaired) electrons. The molecule has 0 amide bonds. The third kappa shape index (κ3) is 2.70. The van der Waals surface area contributed by atoms with Crippen LogP contribution in [0.5, 0.6) is 0 Å². The number of carbonyl (C=O) groups is 1. The van der Waals surface area contributed by atoms with Gasteiger partial charge in [-0.2, -0.15) is 0 Å². The Hall–Kier alpha value is -1.09. The van der Waals surface area contributed by atoms with E-state index in [1.165, 1.54) is 11.3 Å². The number of thiophene rings is 1. The average molecular weight is 195 g/mol. The highest BCUT2D eigenvalue weighted by Crippen LogP contribution is 2.21. The van der Waals surface area contributed by atoms with E-state index < -0.39 is 0 Å². The van der Waals surface area contributed by atoms with Crippen molar-refractivity contribution in [3.63, 3.8) is 0 Å². The first-order valence-corrected chi connectivity index (χ1v) is 4.90. The van der Waals surface area contributed by atoms with Gasteiger partial charge in [0.25, 0.3) is 0 Å². The Kier molecular flexibility index (Phi) is 3.25. The molecule has 0 spiro atoms. The Morgan fingerprint density at radius 2 is 2.46 bits per heavy atom. The second-order valence-electron chi connectivity index (χ2n) is 3.14. The molecule has 1 aromatic heterocycles. The van der Waals surface area contributed by atoms with Crippen molar-refractivity contribution in [3.05, 3.63) is 28.5 Å². The summed E-state index contributed by atoms with van der Waals surface area (Å²) in [5, 5.41) is 1.98. The second-order valence-corrected chi connectivity index (χ2v) is 4.08. The quantitative estimate of drug-likeness (QED) is 0.543. The fourth-order valence-electron chi connectivity index (χ4n) is 1.10. The molecule has 0 aliphatic heterocycles. The molecular formula is C10H13NOS. The van der Waals surface area contributed by atoms with Gasteiger partial charge < -0.3 is 4.90 Å². The molecule has 0 aliphatic carbocycles. The minimum absolute atomic E-state index is 0.767. The van der Waals surface area contributed by atoms with Gasteiger partial charge in [0.05, 0.1) is 4.88 Å². The molecular weight excluding hydrogens is 182 g/mol. The van der Waals surface area contributed by atoms with Crippen molar-refractivity contribution in [1.82, 2.24) is 0 Å². The van der Waals surface area contributed by atoms with Gasteiger partial charge in [0.15, 0.2) is 6.29 Å². The molecule has 0 unspecified atom stereocenters. The maximum absolute atomic E-state index is 10.4. The summed E-state index contributed by atoms with van der Waals surface area (Å²) in [6.45, 7) is 6.66. The van der Waals surface area contributed by atoms with Crippen LogP contribution in [0.1, 0.15) is 16.6 Å². The molecule has 13 heavy (non-hydrogen) atoms. The van der Waals surface area contributed by atoms with Crippen LogP contribution in [0.3, 0.4) is 0 Å². The predicted octanol–water partition coefficient (Wildman–Crippen LogP) is 2.57. The molecule has 0 bridgehead atoms. The average Bonchev–Trinajstić information content (AvgIpc) is 2.50. The lowest BCUT2D eigenvalue weighted by atomic mass is 10.3. The number of nitrogens with zero attached hydrogens (tertiary/aromatic N) is 1. The summed E-state index contributed by atoms with van der Waals surface area (Å²) in [6, 6.07) is 1.89. The Bertz CT molecular complexity index is 316. The zero-order valence-corrected chi connectivity index (χ0v) is 8.73. The van der Waals surface area contributed by atoms with Crippen molar-refractivity contribution in [3.8, 4) is 0 Å². The van der Waals surface area contributed by atoms with Gasteiger partial charge in [-0.15, -0.1) is 11.3 Å². The largest absolute Gasteiger partial charge is 0.370 e. The molecule has 0 atom stereocenters. The van der Waals surface area contributed by atoms with E-state index in [1.807, 2.05) is 25.4 Å². The van der Waals surface area contributed by atoms with Crippen LogP contribution in [-0.4, -0.2) is 19.9 Å². The fourth-order valence-corrected chi connectivity index (χ4v) is 1.85. The first kappa shape index (κ1) is 9.99. The maximum atomic E-state index is 10.4. The van der Waals surface area contributed by atoms with Crippen molar-refractivity contribution < 1.29 is 4.79 Å². The number of likely N-dealkylation sites (N-methyl/N-ethyl adjacent to an activating group) is 1. The highest BCUT2D eigenvalue weighted by atomic mass is 32.1. The topological polar surface area (TPSA) is 20.3 Å². The predicted molar refractivity (Wildman–Crippen MR) is 57.8 cm³/mol. The third-order valence-corrected chi connectivity index (χ3v) is 2.52. The first-order chi connectivity index (χ1) is 6.13. The summed E-state index contributed by atoms with van der Waals surface area (Å²) < 4.78 is 0. The van der Waals surface area contributed by atoms with E-state index >= 15 is 0 Å². The Balaban J connectivity index is 2.70. The Labute approximate surface area is 82.5 Å². The maximum Gasteiger partial charge on any atom is 0.160 e. The molecule has 2 nitrogen and oxygen atoms in total. The van der Waals surface area contributed by atoms with Crippen LogP contribution in [-0.2, 0) is 0 Å². The SMILES string of the molecule is C=C(C)CN(C)c1csc(C=O)c1. The standard InChI is InChI=1S/C10H13NOS/c1-8(2)5-11(3)9-4-10(6-12)13-7-9/h4,6-7H,1,5H2,2-3H3. The lowest BCUT2D eigenvalue weighted by Crippen LogP contribution is -2.18. The zero-order chi connectivity index (χ0) is 9.84. The monoisotopic (exact) mass is 195 g/mol. The number of carbonyl (C=O) groups excluding carboxylic acids is 1. The normalized spacial score (nSPS) is 9.69. The van der Waals surface area contributed by atoms with Gasteiger partial charge in [-0.25, -0.2) is 0 Å². The number of hydrogen-bond acceptors (Lipinski definition) is 3. The van der Waals surface area contributed by atoms with Crippen LogP contribution in [0.2, 0.25) is 0 Å². The van der Waals surface area contributed by atoms with Gasteiger partial charge in [0.2, 0.25) is 0 Å². The van der Waals surface area contributed by atoms with Crippen molar-refractivity contribution in [1.29, 1.82) is 0 Å². The lowest BCUT2D eigenvalue weighted by molar-refractivity contribution is 0.112. The molecule has 0 fully saturated rings. The van der Waals surface area contributed by atoms with Crippen LogP contribution >= 0.6 is 11.3 Å². The van der Waals surface area contributed by atoms with Crippen molar-refractivity contribution in [2.45, 2.75) is 6.92 Å². The van der Waals surface area contributed by atoms with Crippen LogP contribution in [0.25, 0.3) is 0 Å². The second kappa shape index (κ2) is 4.23. The summed E-state index contributed by atoms with van der Waals surface area (Å²) >= 11 is 1.47. The van der Waals surface area contributed by atoms with E-state index in [0.717, 1.165) is 29.0 Å². The summed E-state index contributed by atoms with van der Waals surface area (Å²) in [7, 11) is 1.99. The summed E-state index contributed by atoms with van der Waals surface area (Å²) in [5.41, 5.74) is 2.19. The van der Waals surface area contributed by atoms with Crippen molar-refractivity contribution >= 4 is 23.3 Å². The zero-order valence-electron chi connectivity index (χ0n) is 7.91. The van der Waals surface area contributed by atoms with E-state index in [9.17, 15) is 4.79 Å². The number of aldehydes is 1. The molecule has 70 valence electrons. The highest BCUT2D eigenvalue weighted by Gasteiger charge is 2.03. The van der Waals surface area contributed by atoms with Gasteiger partial charge in [0.1, 0.15) is 0 Å². The van der Waals surface area contributed by atoms with E-state index in [-0.39, 0.29) is 0 Å². The highest BCUT2D eigenvalue weighted by molar-refractivity contribution is 7.12. The van der Waals surface area contributed by atoms with Crippen molar-refractivity contribution in [2.24, 2.45) is 0 Å². The minimum Gasteiger partial charge on any atom is -0.370 e. The molecule has 0 saturated heterocycles. The summed E-state index contributed by atoms with van der Waals surface area (Å²) in [5.74, 6) is 0. The van der Waals surface area contributed by atoms with Gasteiger partial charge in [-0.1, -0.05) is 12.2 Å². The third-order valence-electron chi connectivity index (χ3n) is 1.67. The van der Waals surface area contributed by atoms with Crippen LogP contribution in [0.15, 0.2) is 23.6 Å². The smallest absolute Gasteiger partial charge is 0.160 e. The minimum atomic E-state index is 0.767. The van der Waals surface area contributed by atoms with Gasteiger partial charge in [0, 0.05) is 24.7 Å². The molecule has 1 aromatic rings. The molecule has 1 rings (SSSR count). The van der Waals surface area contributed by atoms with Gasteiger partial charge in [-0.05, 0) is 13.0 Å². The Morgan fingerprint density at radius 1 is 1.77 bits per heavy atom. The van der Waals surface area contributed by atoms with Gasteiger partial charge in [-0.3, -0.25) is 4.79 Å². The molecule has 0 aliphatic rings. The summed E-state index contributed by atoms with van der Waals surface area (Å²) in [4.78, 5) is 13.3.